The minimum atomic E-state index is 0.285. The van der Waals surface area contributed by atoms with Gasteiger partial charge in [0.2, 0.25) is 0 Å². The van der Waals surface area contributed by atoms with Crippen molar-refractivity contribution < 1.29 is 0 Å². The molecule has 0 spiro atoms. The molecule has 0 amide bonds. The number of rotatable bonds is 6. The van der Waals surface area contributed by atoms with Crippen molar-refractivity contribution in [3.63, 3.8) is 0 Å². The normalized spacial score (nSPS) is 12.6. The van der Waals surface area contributed by atoms with Gasteiger partial charge in [0, 0.05) is 35.6 Å². The standard InChI is InChI=1S/C14H19BrN4/c1-3-16-13(14-6-4-11(15)10-17-14)7-5-12-8-9-18-19(12)2/h4,6,8-10,13,16H,3,5,7H2,1-2H3. The number of halogens is 1. The topological polar surface area (TPSA) is 42.7 Å². The number of pyridine rings is 1. The van der Waals surface area contributed by atoms with Crippen molar-refractivity contribution in [3.05, 3.63) is 46.5 Å². The van der Waals surface area contributed by atoms with Gasteiger partial charge in [-0.1, -0.05) is 6.92 Å². The summed E-state index contributed by atoms with van der Waals surface area (Å²) in [5, 5.41) is 7.69. The van der Waals surface area contributed by atoms with Crippen LogP contribution in [-0.4, -0.2) is 21.3 Å². The molecule has 0 saturated heterocycles. The van der Waals surface area contributed by atoms with Gasteiger partial charge in [0.05, 0.1) is 5.69 Å². The zero-order chi connectivity index (χ0) is 13.7. The lowest BCUT2D eigenvalue weighted by atomic mass is 10.1. The highest BCUT2D eigenvalue weighted by Gasteiger charge is 2.12. The molecular formula is C14H19BrN4. The molecule has 2 heterocycles. The van der Waals surface area contributed by atoms with Gasteiger partial charge in [0.15, 0.2) is 0 Å². The van der Waals surface area contributed by atoms with Crippen molar-refractivity contribution in [2.24, 2.45) is 7.05 Å². The highest BCUT2D eigenvalue weighted by molar-refractivity contribution is 9.10. The summed E-state index contributed by atoms with van der Waals surface area (Å²) in [6, 6.07) is 6.46. The van der Waals surface area contributed by atoms with E-state index < -0.39 is 0 Å². The Morgan fingerprint density at radius 2 is 2.21 bits per heavy atom. The van der Waals surface area contributed by atoms with E-state index in [9.17, 15) is 0 Å². The maximum Gasteiger partial charge on any atom is 0.0574 e. The van der Waals surface area contributed by atoms with Gasteiger partial charge in [-0.25, -0.2) is 0 Å². The molecule has 0 radical (unpaired) electrons. The van der Waals surface area contributed by atoms with Gasteiger partial charge in [-0.3, -0.25) is 9.67 Å². The molecule has 1 atom stereocenters. The van der Waals surface area contributed by atoms with E-state index in [1.165, 1.54) is 5.69 Å². The molecule has 2 aromatic heterocycles. The molecule has 0 aliphatic rings. The summed E-state index contributed by atoms with van der Waals surface area (Å²) >= 11 is 3.42. The SMILES string of the molecule is CCNC(CCc1ccnn1C)c1ccc(Br)cn1. The van der Waals surface area contributed by atoms with Gasteiger partial charge in [-0.15, -0.1) is 0 Å². The smallest absolute Gasteiger partial charge is 0.0574 e. The fraction of sp³-hybridized carbons (Fsp3) is 0.429. The van der Waals surface area contributed by atoms with Crippen LogP contribution in [0.3, 0.4) is 0 Å². The minimum absolute atomic E-state index is 0.285. The molecule has 2 rings (SSSR count). The number of nitrogens with zero attached hydrogens (tertiary/aromatic N) is 3. The Morgan fingerprint density at radius 3 is 2.79 bits per heavy atom. The van der Waals surface area contributed by atoms with Crippen LogP contribution in [0.1, 0.15) is 30.8 Å². The second kappa shape index (κ2) is 6.82. The molecule has 1 unspecified atom stereocenters. The third kappa shape index (κ3) is 3.88. The number of hydrogen-bond donors (Lipinski definition) is 1. The lowest BCUT2D eigenvalue weighted by molar-refractivity contribution is 0.495. The molecule has 0 saturated carbocycles. The monoisotopic (exact) mass is 322 g/mol. The molecular weight excluding hydrogens is 304 g/mol. The van der Waals surface area contributed by atoms with Crippen LogP contribution in [0.15, 0.2) is 35.1 Å². The van der Waals surface area contributed by atoms with Gasteiger partial charge in [0.1, 0.15) is 0 Å². The quantitative estimate of drug-likeness (QED) is 0.889. The van der Waals surface area contributed by atoms with Crippen molar-refractivity contribution in [2.75, 3.05) is 6.54 Å². The highest BCUT2D eigenvalue weighted by Crippen LogP contribution is 2.19. The minimum Gasteiger partial charge on any atom is -0.309 e. The first-order valence-electron chi connectivity index (χ1n) is 6.52. The first kappa shape index (κ1) is 14.2. The fourth-order valence-electron chi connectivity index (χ4n) is 2.13. The van der Waals surface area contributed by atoms with Crippen LogP contribution in [0.4, 0.5) is 0 Å². The lowest BCUT2D eigenvalue weighted by Gasteiger charge is -2.17. The summed E-state index contributed by atoms with van der Waals surface area (Å²) in [5.74, 6) is 0. The molecule has 19 heavy (non-hydrogen) atoms. The predicted octanol–water partition coefficient (Wildman–Crippen LogP) is 2.86. The van der Waals surface area contributed by atoms with Crippen molar-refractivity contribution in [3.8, 4) is 0 Å². The average molecular weight is 323 g/mol. The van der Waals surface area contributed by atoms with Crippen LogP contribution < -0.4 is 5.32 Å². The number of aromatic nitrogens is 3. The van der Waals surface area contributed by atoms with E-state index in [1.54, 1.807) is 0 Å². The molecule has 0 aliphatic carbocycles. The Labute approximate surface area is 122 Å². The molecule has 5 heteroatoms. The highest BCUT2D eigenvalue weighted by atomic mass is 79.9. The largest absolute Gasteiger partial charge is 0.309 e. The number of hydrogen-bond acceptors (Lipinski definition) is 3. The van der Waals surface area contributed by atoms with Gasteiger partial charge >= 0.3 is 0 Å². The molecule has 0 aromatic carbocycles. The molecule has 0 bridgehead atoms. The number of nitrogens with one attached hydrogen (secondary N) is 1. The van der Waals surface area contributed by atoms with Crippen LogP contribution >= 0.6 is 15.9 Å². The zero-order valence-electron chi connectivity index (χ0n) is 11.3. The molecule has 4 nitrogen and oxygen atoms in total. The molecule has 0 fully saturated rings. The second-order valence-corrected chi connectivity index (χ2v) is 5.41. The van der Waals surface area contributed by atoms with Gasteiger partial charge in [-0.05, 0) is 53.5 Å². The van der Waals surface area contributed by atoms with Crippen molar-refractivity contribution >= 4 is 15.9 Å². The number of aryl methyl sites for hydroxylation is 2. The summed E-state index contributed by atoms with van der Waals surface area (Å²) < 4.78 is 2.94. The average Bonchev–Trinajstić information content (AvgIpc) is 2.81. The Hall–Kier alpha value is -1.20. The molecule has 1 N–H and O–H groups in total. The summed E-state index contributed by atoms with van der Waals surface area (Å²) in [7, 11) is 1.98. The van der Waals surface area contributed by atoms with Crippen LogP contribution in [-0.2, 0) is 13.5 Å². The van der Waals surface area contributed by atoms with Crippen molar-refractivity contribution in [1.29, 1.82) is 0 Å². The second-order valence-electron chi connectivity index (χ2n) is 4.50. The zero-order valence-corrected chi connectivity index (χ0v) is 12.9. The fourth-order valence-corrected chi connectivity index (χ4v) is 2.37. The summed E-state index contributed by atoms with van der Waals surface area (Å²) in [4.78, 5) is 4.49. The Bertz CT molecular complexity index is 506. The van der Waals surface area contributed by atoms with E-state index in [0.29, 0.717) is 0 Å². The summed E-state index contributed by atoms with van der Waals surface area (Å²) in [6.45, 7) is 3.06. The van der Waals surface area contributed by atoms with E-state index in [4.69, 9.17) is 0 Å². The summed E-state index contributed by atoms with van der Waals surface area (Å²) in [5.41, 5.74) is 2.34. The molecule has 2 aromatic rings. The van der Waals surface area contributed by atoms with Crippen LogP contribution in [0.25, 0.3) is 0 Å². The van der Waals surface area contributed by atoms with Crippen molar-refractivity contribution in [1.82, 2.24) is 20.1 Å². The maximum atomic E-state index is 4.49. The Kier molecular flexibility index (Phi) is 5.10. The van der Waals surface area contributed by atoms with E-state index >= 15 is 0 Å². The van der Waals surface area contributed by atoms with Crippen LogP contribution in [0.2, 0.25) is 0 Å². The van der Waals surface area contributed by atoms with E-state index in [0.717, 1.165) is 29.6 Å². The molecule has 102 valence electrons. The Morgan fingerprint density at radius 1 is 1.37 bits per heavy atom. The van der Waals surface area contributed by atoms with Gasteiger partial charge in [0.25, 0.3) is 0 Å². The third-order valence-corrected chi connectivity index (χ3v) is 3.64. The van der Waals surface area contributed by atoms with Gasteiger partial charge in [-0.2, -0.15) is 5.10 Å². The van der Waals surface area contributed by atoms with Crippen LogP contribution in [0.5, 0.6) is 0 Å². The lowest BCUT2D eigenvalue weighted by Crippen LogP contribution is -2.22. The van der Waals surface area contributed by atoms with Crippen molar-refractivity contribution in [2.45, 2.75) is 25.8 Å². The first-order valence-corrected chi connectivity index (χ1v) is 7.31. The van der Waals surface area contributed by atoms with E-state index in [-0.39, 0.29) is 6.04 Å². The third-order valence-electron chi connectivity index (χ3n) is 3.17. The first-order chi connectivity index (χ1) is 9.20. The molecule has 0 aliphatic heterocycles. The predicted molar refractivity (Wildman–Crippen MR) is 79.9 cm³/mol. The van der Waals surface area contributed by atoms with E-state index in [1.807, 2.05) is 30.2 Å². The Balaban J connectivity index is 2.04. The van der Waals surface area contributed by atoms with E-state index in [2.05, 4.69) is 50.4 Å². The van der Waals surface area contributed by atoms with Crippen LogP contribution in [0, 0.1) is 0 Å². The maximum absolute atomic E-state index is 4.49. The summed E-state index contributed by atoms with van der Waals surface area (Å²) in [6.07, 6.45) is 5.70. The van der Waals surface area contributed by atoms with Gasteiger partial charge < -0.3 is 5.32 Å².